The van der Waals surface area contributed by atoms with E-state index in [0.717, 1.165) is 60.6 Å². The van der Waals surface area contributed by atoms with E-state index in [1.54, 1.807) is 17.7 Å². The quantitative estimate of drug-likeness (QED) is 0.658. The number of hydrogen-bond acceptors (Lipinski definition) is 8. The molecule has 2 aliphatic carbocycles. The number of ether oxygens (including phenoxy) is 1. The lowest BCUT2D eigenvalue weighted by atomic mass is 9.92. The average Bonchev–Trinajstić information content (AvgIpc) is 3.19. The molecule has 2 aromatic rings. The third-order valence-corrected chi connectivity index (χ3v) is 7.57. The molecule has 0 radical (unpaired) electrons. The standard InChI is InChI=1S/C19H27N3O4S2/c1-22(2)13-5-7-14(8-6-13)26-18-17-16-12(10-25-28(3,23)24)4-9-15(16)27-19(17)21-11-20-18/h11-14H,4-10H2,1-3H3. The van der Waals surface area contributed by atoms with Crippen LogP contribution < -0.4 is 4.74 Å². The van der Waals surface area contributed by atoms with Crippen LogP contribution in [0.3, 0.4) is 0 Å². The molecule has 9 heteroatoms. The number of aryl methyl sites for hydroxylation is 1. The molecule has 0 bridgehead atoms. The molecule has 0 spiro atoms. The summed E-state index contributed by atoms with van der Waals surface area (Å²) in [5.41, 5.74) is 1.13. The van der Waals surface area contributed by atoms with Gasteiger partial charge in [-0.15, -0.1) is 11.3 Å². The predicted octanol–water partition coefficient (Wildman–Crippen LogP) is 2.95. The van der Waals surface area contributed by atoms with Crippen LogP contribution in [0.4, 0.5) is 0 Å². The molecule has 154 valence electrons. The average molecular weight is 426 g/mol. The second-order valence-corrected chi connectivity index (χ2v) is 10.8. The zero-order chi connectivity index (χ0) is 19.9. The zero-order valence-corrected chi connectivity index (χ0v) is 18.2. The fourth-order valence-electron chi connectivity index (χ4n) is 4.34. The minimum Gasteiger partial charge on any atom is -0.474 e. The van der Waals surface area contributed by atoms with Gasteiger partial charge in [0.1, 0.15) is 17.3 Å². The summed E-state index contributed by atoms with van der Waals surface area (Å²) in [4.78, 5) is 13.3. The van der Waals surface area contributed by atoms with Gasteiger partial charge in [0.15, 0.2) is 0 Å². The molecule has 0 amide bonds. The SMILES string of the molecule is CN(C)C1CCC(Oc2ncnc3sc4c(c23)C(COS(C)(=O)=O)CC4)CC1. The Morgan fingerprint density at radius 2 is 1.93 bits per heavy atom. The molecule has 2 aromatic heterocycles. The fraction of sp³-hybridized carbons (Fsp3) is 0.684. The minimum absolute atomic E-state index is 0.0382. The number of aromatic nitrogens is 2. The van der Waals surface area contributed by atoms with Gasteiger partial charge in [0.25, 0.3) is 10.1 Å². The summed E-state index contributed by atoms with van der Waals surface area (Å²) in [5, 5.41) is 0.955. The number of thiophene rings is 1. The molecule has 1 unspecified atom stereocenters. The maximum absolute atomic E-state index is 11.4. The van der Waals surface area contributed by atoms with Crippen LogP contribution in [0.5, 0.6) is 5.88 Å². The third kappa shape index (κ3) is 4.17. The molecule has 0 aromatic carbocycles. The van der Waals surface area contributed by atoms with Gasteiger partial charge in [-0.05, 0) is 58.2 Å². The van der Waals surface area contributed by atoms with E-state index in [1.807, 2.05) is 0 Å². The number of hydrogen-bond donors (Lipinski definition) is 0. The van der Waals surface area contributed by atoms with Gasteiger partial charge in [-0.1, -0.05) is 0 Å². The normalized spacial score (nSPS) is 25.4. The molecule has 2 heterocycles. The zero-order valence-electron chi connectivity index (χ0n) is 16.6. The van der Waals surface area contributed by atoms with Crippen molar-refractivity contribution in [1.82, 2.24) is 14.9 Å². The van der Waals surface area contributed by atoms with Crippen molar-refractivity contribution in [1.29, 1.82) is 0 Å². The van der Waals surface area contributed by atoms with Crippen molar-refractivity contribution in [3.63, 3.8) is 0 Å². The van der Waals surface area contributed by atoms with Crippen molar-refractivity contribution in [2.75, 3.05) is 27.0 Å². The molecule has 0 saturated heterocycles. The Balaban J connectivity index is 1.57. The van der Waals surface area contributed by atoms with Gasteiger partial charge >= 0.3 is 0 Å². The van der Waals surface area contributed by atoms with Crippen LogP contribution in [0.1, 0.15) is 48.5 Å². The van der Waals surface area contributed by atoms with Crippen LogP contribution in [0.15, 0.2) is 6.33 Å². The van der Waals surface area contributed by atoms with Gasteiger partial charge in [-0.3, -0.25) is 4.18 Å². The smallest absolute Gasteiger partial charge is 0.264 e. The summed E-state index contributed by atoms with van der Waals surface area (Å²) >= 11 is 1.66. The van der Waals surface area contributed by atoms with Crippen LogP contribution in [-0.4, -0.2) is 62.4 Å². The van der Waals surface area contributed by atoms with Crippen LogP contribution in [0.2, 0.25) is 0 Å². The maximum Gasteiger partial charge on any atom is 0.264 e. The molecule has 2 aliphatic rings. The predicted molar refractivity (Wildman–Crippen MR) is 110 cm³/mol. The molecule has 1 saturated carbocycles. The fourth-order valence-corrected chi connectivity index (χ4v) is 5.98. The van der Waals surface area contributed by atoms with Gasteiger partial charge in [0.2, 0.25) is 5.88 Å². The van der Waals surface area contributed by atoms with Crippen LogP contribution in [0, 0.1) is 0 Å². The lowest BCUT2D eigenvalue weighted by Gasteiger charge is -2.32. The Morgan fingerprint density at radius 3 is 2.61 bits per heavy atom. The summed E-state index contributed by atoms with van der Waals surface area (Å²) in [6, 6.07) is 0.619. The lowest BCUT2D eigenvalue weighted by molar-refractivity contribution is 0.108. The largest absolute Gasteiger partial charge is 0.474 e. The van der Waals surface area contributed by atoms with Gasteiger partial charge in [-0.25, -0.2) is 9.97 Å². The van der Waals surface area contributed by atoms with Crippen LogP contribution in [-0.2, 0) is 20.7 Å². The number of nitrogens with zero attached hydrogens (tertiary/aromatic N) is 3. The van der Waals surface area contributed by atoms with E-state index in [2.05, 4.69) is 29.0 Å². The summed E-state index contributed by atoms with van der Waals surface area (Å²) < 4.78 is 34.3. The molecule has 1 fully saturated rings. The van der Waals surface area contributed by atoms with E-state index < -0.39 is 10.1 Å². The first-order chi connectivity index (χ1) is 13.3. The van der Waals surface area contributed by atoms with E-state index in [4.69, 9.17) is 8.92 Å². The van der Waals surface area contributed by atoms with Gasteiger partial charge in [0, 0.05) is 16.8 Å². The second kappa shape index (κ2) is 7.85. The first-order valence-electron chi connectivity index (χ1n) is 9.75. The Labute approximate surface area is 170 Å². The van der Waals surface area contributed by atoms with Crippen molar-refractivity contribution >= 4 is 31.7 Å². The van der Waals surface area contributed by atoms with Gasteiger partial charge in [0.05, 0.1) is 18.2 Å². The van der Waals surface area contributed by atoms with Crippen molar-refractivity contribution in [3.05, 3.63) is 16.8 Å². The molecule has 1 atom stereocenters. The molecular weight excluding hydrogens is 398 g/mol. The van der Waals surface area contributed by atoms with E-state index in [0.29, 0.717) is 11.9 Å². The Kier molecular flexibility index (Phi) is 5.61. The molecule has 0 N–H and O–H groups in total. The third-order valence-electron chi connectivity index (χ3n) is 5.83. The Bertz CT molecular complexity index is 949. The minimum atomic E-state index is -3.46. The van der Waals surface area contributed by atoms with Gasteiger partial charge < -0.3 is 9.64 Å². The number of fused-ring (bicyclic) bond motifs is 3. The van der Waals surface area contributed by atoms with E-state index in [9.17, 15) is 8.42 Å². The maximum atomic E-state index is 11.4. The summed E-state index contributed by atoms with van der Waals surface area (Å²) in [5.74, 6) is 0.679. The Hall–Kier alpha value is -1.29. The van der Waals surface area contributed by atoms with Crippen molar-refractivity contribution in [3.8, 4) is 5.88 Å². The van der Waals surface area contributed by atoms with Crippen LogP contribution >= 0.6 is 11.3 Å². The summed E-state index contributed by atoms with van der Waals surface area (Å²) in [6.45, 7) is 0.167. The molecule has 28 heavy (non-hydrogen) atoms. The van der Waals surface area contributed by atoms with Crippen molar-refractivity contribution < 1.29 is 17.3 Å². The monoisotopic (exact) mass is 425 g/mol. The highest BCUT2D eigenvalue weighted by molar-refractivity contribution is 7.85. The number of rotatable bonds is 6. The van der Waals surface area contributed by atoms with Crippen molar-refractivity contribution in [2.24, 2.45) is 0 Å². The molecule has 7 nitrogen and oxygen atoms in total. The Morgan fingerprint density at radius 1 is 1.18 bits per heavy atom. The van der Waals surface area contributed by atoms with Crippen LogP contribution in [0.25, 0.3) is 10.2 Å². The second-order valence-electron chi connectivity index (χ2n) is 8.03. The highest BCUT2D eigenvalue weighted by Crippen LogP contribution is 2.46. The van der Waals surface area contributed by atoms with E-state index in [1.165, 1.54) is 4.88 Å². The van der Waals surface area contributed by atoms with E-state index in [-0.39, 0.29) is 18.6 Å². The summed E-state index contributed by atoms with van der Waals surface area (Å²) in [7, 11) is 0.806. The topological polar surface area (TPSA) is 81.6 Å². The van der Waals surface area contributed by atoms with E-state index >= 15 is 0 Å². The van der Waals surface area contributed by atoms with Gasteiger partial charge in [-0.2, -0.15) is 8.42 Å². The molecule has 4 rings (SSSR count). The first-order valence-corrected chi connectivity index (χ1v) is 12.4. The highest BCUT2D eigenvalue weighted by atomic mass is 32.2. The molecule has 0 aliphatic heterocycles. The molecular formula is C19H27N3O4S2. The lowest BCUT2D eigenvalue weighted by Crippen LogP contribution is -2.35. The van der Waals surface area contributed by atoms with Crippen molar-refractivity contribution in [2.45, 2.75) is 56.6 Å². The summed E-state index contributed by atoms with van der Waals surface area (Å²) in [6.07, 6.45) is 8.90. The first kappa shape index (κ1) is 20.0. The highest BCUT2D eigenvalue weighted by Gasteiger charge is 2.32.